The molecule has 0 aromatic rings. The number of nitrogens with one attached hydrogen (secondary N) is 1. The Bertz CT molecular complexity index is 618. The first-order chi connectivity index (χ1) is 15.4. The second kappa shape index (κ2) is 17.1. The van der Waals surface area contributed by atoms with Gasteiger partial charge >= 0.3 is 19.5 Å². The van der Waals surface area contributed by atoms with Crippen molar-refractivity contribution in [3.05, 3.63) is 0 Å². The fourth-order valence-corrected chi connectivity index (χ4v) is 4.54. The first-order valence-corrected chi connectivity index (χ1v) is 13.8. The normalized spacial score (nSPS) is 12.9. The minimum atomic E-state index is -3.13. The van der Waals surface area contributed by atoms with Gasteiger partial charge < -0.3 is 24.2 Å². The second-order valence-electron chi connectivity index (χ2n) is 9.10. The molecule has 0 aliphatic carbocycles. The van der Waals surface area contributed by atoms with Gasteiger partial charge in [0, 0.05) is 12.8 Å². The van der Waals surface area contributed by atoms with E-state index in [1.807, 2.05) is 13.8 Å². The molecule has 0 unspecified atom stereocenters. The number of rotatable bonds is 19. The van der Waals surface area contributed by atoms with Crippen LogP contribution in [0.1, 0.15) is 98.8 Å². The van der Waals surface area contributed by atoms with Gasteiger partial charge in [-0.15, -0.1) is 0 Å². The van der Waals surface area contributed by atoms with Crippen molar-refractivity contribution in [1.29, 1.82) is 0 Å². The molecule has 10 heteroatoms. The Morgan fingerprint density at radius 3 is 1.97 bits per heavy atom. The number of esters is 1. The second-order valence-corrected chi connectivity index (χ2v) is 11.3. The summed E-state index contributed by atoms with van der Waals surface area (Å²) in [5, 5.41) is 11.5. The van der Waals surface area contributed by atoms with Crippen LogP contribution in [-0.4, -0.2) is 54.0 Å². The smallest absolute Gasteiger partial charge is 0.330 e. The highest BCUT2D eigenvalue weighted by molar-refractivity contribution is 7.53. The van der Waals surface area contributed by atoms with Crippen molar-refractivity contribution in [3.63, 3.8) is 0 Å². The van der Waals surface area contributed by atoms with E-state index < -0.39 is 31.2 Å². The van der Waals surface area contributed by atoms with Crippen LogP contribution in [0.15, 0.2) is 0 Å². The van der Waals surface area contributed by atoms with Crippen LogP contribution < -0.4 is 5.32 Å². The van der Waals surface area contributed by atoms with E-state index in [9.17, 15) is 18.9 Å². The van der Waals surface area contributed by atoms with Crippen molar-refractivity contribution < 1.29 is 37.8 Å². The van der Waals surface area contributed by atoms with Crippen LogP contribution in [0.4, 0.5) is 0 Å². The molecule has 0 spiro atoms. The number of carbonyl (C=O) groups is 3. The first-order valence-electron chi connectivity index (χ1n) is 12.0. The van der Waals surface area contributed by atoms with Crippen LogP contribution in [-0.2, 0) is 32.7 Å². The fourth-order valence-electron chi connectivity index (χ4n) is 2.79. The van der Waals surface area contributed by atoms with Gasteiger partial charge in [0.15, 0.2) is 0 Å². The molecule has 0 fully saturated rings. The number of hydrogen-bond donors (Lipinski definition) is 2. The van der Waals surface area contributed by atoms with Crippen molar-refractivity contribution in [2.24, 2.45) is 0 Å². The van der Waals surface area contributed by atoms with Crippen molar-refractivity contribution in [2.75, 3.05) is 19.4 Å². The van der Waals surface area contributed by atoms with Gasteiger partial charge in [-0.05, 0) is 52.9 Å². The van der Waals surface area contributed by atoms with Gasteiger partial charge in [-0.1, -0.05) is 33.1 Å². The van der Waals surface area contributed by atoms with E-state index in [2.05, 4.69) is 5.32 Å². The van der Waals surface area contributed by atoms with Gasteiger partial charge in [0.25, 0.3) is 0 Å². The Balaban J connectivity index is 4.55. The maximum absolute atomic E-state index is 12.9. The molecule has 0 saturated carbocycles. The summed E-state index contributed by atoms with van der Waals surface area (Å²) in [7, 11) is -3.13. The zero-order valence-corrected chi connectivity index (χ0v) is 21.9. The van der Waals surface area contributed by atoms with E-state index in [0.717, 1.165) is 25.7 Å². The Kier molecular flexibility index (Phi) is 16.3. The fraction of sp³-hybridized carbons (Fsp3) is 0.870. The number of amides is 1. The minimum absolute atomic E-state index is 0.0383. The van der Waals surface area contributed by atoms with E-state index in [1.165, 1.54) is 0 Å². The highest BCUT2D eigenvalue weighted by Gasteiger charge is 2.27. The van der Waals surface area contributed by atoms with Crippen LogP contribution in [0, 0.1) is 0 Å². The molecule has 0 radical (unpaired) electrons. The number of carboxylic acid groups (broad SMARTS) is 1. The third kappa shape index (κ3) is 17.7. The molecular formula is C23H44NO8P. The Hall–Kier alpha value is -1.44. The number of hydrogen-bond acceptors (Lipinski definition) is 7. The average Bonchev–Trinajstić information content (AvgIpc) is 2.70. The van der Waals surface area contributed by atoms with Crippen LogP contribution in [0.25, 0.3) is 0 Å². The highest BCUT2D eigenvalue weighted by Crippen LogP contribution is 2.49. The third-order valence-electron chi connectivity index (χ3n) is 4.58. The van der Waals surface area contributed by atoms with Crippen LogP contribution in [0.2, 0.25) is 0 Å². The Labute approximate surface area is 198 Å². The van der Waals surface area contributed by atoms with Crippen molar-refractivity contribution in [1.82, 2.24) is 5.32 Å². The van der Waals surface area contributed by atoms with Gasteiger partial charge in [0.2, 0.25) is 5.91 Å². The summed E-state index contributed by atoms with van der Waals surface area (Å²) in [5.41, 5.74) is -0.740. The minimum Gasteiger partial charge on any atom is -0.481 e. The van der Waals surface area contributed by atoms with Crippen LogP contribution in [0.3, 0.4) is 0 Å². The summed E-state index contributed by atoms with van der Waals surface area (Å²) in [6.45, 7) is 10.0. The summed E-state index contributed by atoms with van der Waals surface area (Å²) < 4.78 is 29.3. The topological polar surface area (TPSA) is 128 Å². The molecule has 0 aromatic heterocycles. The molecule has 1 amide bonds. The van der Waals surface area contributed by atoms with Crippen molar-refractivity contribution in [3.8, 4) is 0 Å². The monoisotopic (exact) mass is 493 g/mol. The summed E-state index contributed by atoms with van der Waals surface area (Å²) in [4.78, 5) is 35.5. The number of ether oxygens (including phenoxy) is 1. The van der Waals surface area contributed by atoms with Crippen molar-refractivity contribution in [2.45, 2.75) is 110 Å². The van der Waals surface area contributed by atoms with E-state index in [4.69, 9.17) is 18.9 Å². The quantitative estimate of drug-likeness (QED) is 0.145. The van der Waals surface area contributed by atoms with Crippen LogP contribution >= 0.6 is 7.60 Å². The highest BCUT2D eigenvalue weighted by atomic mass is 31.2. The van der Waals surface area contributed by atoms with E-state index in [0.29, 0.717) is 38.6 Å². The molecule has 33 heavy (non-hydrogen) atoms. The van der Waals surface area contributed by atoms with Crippen LogP contribution in [0.5, 0.6) is 0 Å². The first kappa shape index (κ1) is 31.6. The lowest BCUT2D eigenvalue weighted by Crippen LogP contribution is -2.44. The molecule has 0 aromatic carbocycles. The molecule has 0 saturated heterocycles. The molecule has 0 aliphatic rings. The molecule has 194 valence electrons. The zero-order chi connectivity index (χ0) is 25.3. The predicted octanol–water partition coefficient (Wildman–Crippen LogP) is 5.06. The zero-order valence-electron chi connectivity index (χ0n) is 21.0. The number of aliphatic carboxylic acids is 1. The van der Waals surface area contributed by atoms with Gasteiger partial charge in [-0.2, -0.15) is 0 Å². The lowest BCUT2D eigenvalue weighted by molar-refractivity contribution is -0.159. The standard InChI is InChI=1S/C23H44NO8P/c1-6-8-16-30-33(29,31-17-9-7-2)18-12-10-11-13-20(25)24-19(14-15-21(26)27)22(28)32-23(3,4)5/h19H,6-18H2,1-5H3,(H,24,25)(H,26,27)/t19-/m0/s1. The molecule has 1 atom stereocenters. The molecular weight excluding hydrogens is 449 g/mol. The van der Waals surface area contributed by atoms with Gasteiger partial charge in [-0.25, -0.2) is 4.79 Å². The molecule has 0 rings (SSSR count). The SMILES string of the molecule is CCCCOP(=O)(CCCCCC(=O)N[C@@H](CCC(=O)O)C(=O)OC(C)(C)C)OCCCC. The largest absolute Gasteiger partial charge is 0.481 e. The summed E-state index contributed by atoms with van der Waals surface area (Å²) in [6, 6.07) is -1.01. The Morgan fingerprint density at radius 1 is 0.909 bits per heavy atom. The summed E-state index contributed by atoms with van der Waals surface area (Å²) in [6.07, 6.45) is 5.50. The van der Waals surface area contributed by atoms with E-state index >= 15 is 0 Å². The average molecular weight is 494 g/mol. The van der Waals surface area contributed by atoms with Gasteiger partial charge in [-0.3, -0.25) is 14.2 Å². The van der Waals surface area contributed by atoms with Gasteiger partial charge in [0.1, 0.15) is 11.6 Å². The Morgan fingerprint density at radius 2 is 1.48 bits per heavy atom. The molecule has 0 heterocycles. The number of unbranched alkanes of at least 4 members (excludes halogenated alkanes) is 4. The lowest BCUT2D eigenvalue weighted by atomic mass is 10.1. The lowest BCUT2D eigenvalue weighted by Gasteiger charge is -2.24. The van der Waals surface area contributed by atoms with Crippen molar-refractivity contribution >= 4 is 25.4 Å². The third-order valence-corrected chi connectivity index (χ3v) is 6.60. The molecule has 0 aliphatic heterocycles. The number of carboxylic acids is 1. The summed E-state index contributed by atoms with van der Waals surface area (Å²) >= 11 is 0. The molecule has 0 bridgehead atoms. The molecule has 9 nitrogen and oxygen atoms in total. The summed E-state index contributed by atoms with van der Waals surface area (Å²) in [5.74, 6) is -2.05. The van der Waals surface area contributed by atoms with Gasteiger partial charge in [0.05, 0.1) is 19.4 Å². The van der Waals surface area contributed by atoms with E-state index in [-0.39, 0.29) is 25.2 Å². The maximum Gasteiger partial charge on any atom is 0.330 e. The predicted molar refractivity (Wildman–Crippen MR) is 127 cm³/mol. The number of carbonyl (C=O) groups excluding carboxylic acids is 2. The molecule has 2 N–H and O–H groups in total. The maximum atomic E-state index is 12.9. The van der Waals surface area contributed by atoms with E-state index in [1.54, 1.807) is 20.8 Å².